The topological polar surface area (TPSA) is 29.3 Å². The summed E-state index contributed by atoms with van der Waals surface area (Å²) in [5.74, 6) is 0.735. The highest BCUT2D eigenvalue weighted by atomic mass is 15.1. The number of hydrogen-bond acceptors (Lipinski definition) is 2. The Morgan fingerprint density at radius 3 is 2.80 bits per heavy atom. The standard InChI is InChI=1S/C8H18N2/c1-3-7-6-10(2)5-4-8(7)9/h7-8H,3-6,9H2,1-2H3/t7-,8-/m0/s1. The number of nitrogens with zero attached hydrogens (tertiary/aromatic N) is 1. The molecule has 1 aliphatic heterocycles. The zero-order valence-corrected chi connectivity index (χ0v) is 7.01. The van der Waals surface area contributed by atoms with Gasteiger partial charge in [-0.1, -0.05) is 13.3 Å². The van der Waals surface area contributed by atoms with Crippen molar-refractivity contribution in [1.82, 2.24) is 4.90 Å². The van der Waals surface area contributed by atoms with Crippen molar-refractivity contribution in [2.45, 2.75) is 25.8 Å². The molecule has 0 saturated carbocycles. The van der Waals surface area contributed by atoms with Crippen molar-refractivity contribution in [3.63, 3.8) is 0 Å². The zero-order valence-electron chi connectivity index (χ0n) is 7.01. The van der Waals surface area contributed by atoms with E-state index < -0.39 is 0 Å². The normalized spacial score (nSPS) is 36.3. The highest BCUT2D eigenvalue weighted by Crippen LogP contribution is 2.16. The van der Waals surface area contributed by atoms with Crippen molar-refractivity contribution < 1.29 is 0 Å². The quantitative estimate of drug-likeness (QED) is 0.583. The van der Waals surface area contributed by atoms with E-state index in [1.54, 1.807) is 0 Å². The van der Waals surface area contributed by atoms with E-state index in [-0.39, 0.29) is 0 Å². The second kappa shape index (κ2) is 3.35. The molecule has 0 bridgehead atoms. The number of likely N-dealkylation sites (tertiary alicyclic amines) is 1. The Balaban J connectivity index is 2.38. The fourth-order valence-electron chi connectivity index (χ4n) is 1.66. The van der Waals surface area contributed by atoms with E-state index in [1.807, 2.05) is 0 Å². The van der Waals surface area contributed by atoms with Crippen LogP contribution in [0.5, 0.6) is 0 Å². The van der Waals surface area contributed by atoms with Gasteiger partial charge in [0.15, 0.2) is 0 Å². The van der Waals surface area contributed by atoms with Crippen LogP contribution in [0.1, 0.15) is 19.8 Å². The monoisotopic (exact) mass is 142 g/mol. The van der Waals surface area contributed by atoms with Gasteiger partial charge in [0.1, 0.15) is 0 Å². The van der Waals surface area contributed by atoms with Gasteiger partial charge in [0.2, 0.25) is 0 Å². The molecule has 0 amide bonds. The zero-order chi connectivity index (χ0) is 7.56. The highest BCUT2D eigenvalue weighted by Gasteiger charge is 2.22. The van der Waals surface area contributed by atoms with E-state index in [2.05, 4.69) is 18.9 Å². The summed E-state index contributed by atoms with van der Waals surface area (Å²) in [6.45, 7) is 4.60. The number of piperidine rings is 1. The molecule has 2 N–H and O–H groups in total. The number of rotatable bonds is 1. The van der Waals surface area contributed by atoms with Gasteiger partial charge < -0.3 is 10.6 Å². The van der Waals surface area contributed by atoms with E-state index in [0.29, 0.717) is 6.04 Å². The van der Waals surface area contributed by atoms with Crippen molar-refractivity contribution in [3.05, 3.63) is 0 Å². The van der Waals surface area contributed by atoms with Crippen LogP contribution in [0.15, 0.2) is 0 Å². The molecule has 0 aromatic rings. The predicted molar refractivity (Wildman–Crippen MR) is 43.9 cm³/mol. The van der Waals surface area contributed by atoms with Crippen LogP contribution >= 0.6 is 0 Å². The van der Waals surface area contributed by atoms with E-state index >= 15 is 0 Å². The molecule has 10 heavy (non-hydrogen) atoms. The smallest absolute Gasteiger partial charge is 0.00914 e. The maximum absolute atomic E-state index is 5.93. The molecule has 2 atom stereocenters. The minimum absolute atomic E-state index is 0.459. The Morgan fingerprint density at radius 1 is 1.60 bits per heavy atom. The van der Waals surface area contributed by atoms with Crippen LogP contribution in [0, 0.1) is 5.92 Å². The second-order valence-corrected chi connectivity index (χ2v) is 3.38. The fourth-order valence-corrected chi connectivity index (χ4v) is 1.66. The van der Waals surface area contributed by atoms with Crippen molar-refractivity contribution in [1.29, 1.82) is 0 Å². The second-order valence-electron chi connectivity index (χ2n) is 3.38. The van der Waals surface area contributed by atoms with Crippen LogP contribution in [0.2, 0.25) is 0 Å². The molecule has 1 saturated heterocycles. The summed E-state index contributed by atoms with van der Waals surface area (Å²) < 4.78 is 0. The van der Waals surface area contributed by atoms with Gasteiger partial charge in [-0.05, 0) is 25.9 Å². The molecule has 0 aromatic carbocycles. The lowest BCUT2D eigenvalue weighted by atomic mass is 9.91. The van der Waals surface area contributed by atoms with Crippen LogP contribution in [-0.2, 0) is 0 Å². The first-order chi connectivity index (χ1) is 4.74. The predicted octanol–water partition coefficient (Wildman–Crippen LogP) is 0.675. The molecule has 2 nitrogen and oxygen atoms in total. The molecule has 0 radical (unpaired) electrons. The SMILES string of the molecule is CC[C@H]1CN(C)CC[C@@H]1N. The highest BCUT2D eigenvalue weighted by molar-refractivity contribution is 4.80. The van der Waals surface area contributed by atoms with Gasteiger partial charge >= 0.3 is 0 Å². The lowest BCUT2D eigenvalue weighted by Gasteiger charge is -2.33. The molecule has 60 valence electrons. The van der Waals surface area contributed by atoms with Crippen molar-refractivity contribution in [3.8, 4) is 0 Å². The molecule has 0 spiro atoms. The van der Waals surface area contributed by atoms with Crippen LogP contribution < -0.4 is 5.73 Å². The first-order valence-corrected chi connectivity index (χ1v) is 4.18. The summed E-state index contributed by atoms with van der Waals surface area (Å²) in [5.41, 5.74) is 5.93. The third-order valence-corrected chi connectivity index (χ3v) is 2.52. The maximum atomic E-state index is 5.93. The summed E-state index contributed by atoms with van der Waals surface area (Å²) in [4.78, 5) is 2.37. The molecule has 1 rings (SSSR count). The van der Waals surface area contributed by atoms with Crippen LogP contribution in [0.3, 0.4) is 0 Å². The molecule has 0 unspecified atom stereocenters. The lowest BCUT2D eigenvalue weighted by molar-refractivity contribution is 0.182. The molecule has 1 fully saturated rings. The molecule has 0 aliphatic carbocycles. The average Bonchev–Trinajstić information content (AvgIpc) is 1.94. The van der Waals surface area contributed by atoms with Crippen LogP contribution in [0.4, 0.5) is 0 Å². The molecular weight excluding hydrogens is 124 g/mol. The average molecular weight is 142 g/mol. The van der Waals surface area contributed by atoms with Gasteiger partial charge in [-0.25, -0.2) is 0 Å². The van der Waals surface area contributed by atoms with Crippen molar-refractivity contribution in [2.75, 3.05) is 20.1 Å². The summed E-state index contributed by atoms with van der Waals surface area (Å²) in [5, 5.41) is 0. The lowest BCUT2D eigenvalue weighted by Crippen LogP contribution is -2.45. The summed E-state index contributed by atoms with van der Waals surface area (Å²) >= 11 is 0. The largest absolute Gasteiger partial charge is 0.327 e. The van der Waals surface area contributed by atoms with Gasteiger partial charge in [0, 0.05) is 12.6 Å². The van der Waals surface area contributed by atoms with Crippen molar-refractivity contribution in [2.24, 2.45) is 11.7 Å². The third kappa shape index (κ3) is 1.70. The first kappa shape index (κ1) is 8.02. The first-order valence-electron chi connectivity index (χ1n) is 4.18. The summed E-state index contributed by atoms with van der Waals surface area (Å²) in [6, 6.07) is 0.459. The fraction of sp³-hybridized carbons (Fsp3) is 1.00. The Labute approximate surface area is 63.4 Å². The molecular formula is C8H18N2. The van der Waals surface area contributed by atoms with Gasteiger partial charge in [-0.3, -0.25) is 0 Å². The molecule has 0 aromatic heterocycles. The Kier molecular flexibility index (Phi) is 2.69. The summed E-state index contributed by atoms with van der Waals surface area (Å²) in [6.07, 6.45) is 2.40. The van der Waals surface area contributed by atoms with Crippen LogP contribution in [-0.4, -0.2) is 31.1 Å². The van der Waals surface area contributed by atoms with E-state index in [9.17, 15) is 0 Å². The minimum Gasteiger partial charge on any atom is -0.327 e. The number of hydrogen-bond donors (Lipinski definition) is 1. The van der Waals surface area contributed by atoms with Gasteiger partial charge in [0.05, 0.1) is 0 Å². The van der Waals surface area contributed by atoms with E-state index in [4.69, 9.17) is 5.73 Å². The Morgan fingerprint density at radius 2 is 2.30 bits per heavy atom. The minimum atomic E-state index is 0.459. The number of nitrogens with two attached hydrogens (primary N) is 1. The summed E-state index contributed by atoms with van der Waals surface area (Å²) in [7, 11) is 2.18. The Bertz CT molecular complexity index is 103. The molecule has 1 aliphatic rings. The third-order valence-electron chi connectivity index (χ3n) is 2.52. The maximum Gasteiger partial charge on any atom is 0.00914 e. The van der Waals surface area contributed by atoms with Gasteiger partial charge in [-0.15, -0.1) is 0 Å². The Hall–Kier alpha value is -0.0800. The van der Waals surface area contributed by atoms with Gasteiger partial charge in [0.25, 0.3) is 0 Å². The van der Waals surface area contributed by atoms with E-state index in [1.165, 1.54) is 25.9 Å². The van der Waals surface area contributed by atoms with Gasteiger partial charge in [-0.2, -0.15) is 0 Å². The molecule has 2 heteroatoms. The van der Waals surface area contributed by atoms with E-state index in [0.717, 1.165) is 5.92 Å². The molecule has 1 heterocycles. The van der Waals surface area contributed by atoms with Crippen molar-refractivity contribution >= 4 is 0 Å². The van der Waals surface area contributed by atoms with Crippen LogP contribution in [0.25, 0.3) is 0 Å².